The molecular weight excluding hydrogens is 388 g/mol. The largest absolute Gasteiger partial charge is 0.484 e. The normalized spacial score (nSPS) is 11.0. The molecule has 0 saturated carbocycles. The third-order valence-electron chi connectivity index (χ3n) is 4.34. The van der Waals surface area contributed by atoms with E-state index in [1.165, 1.54) is 0 Å². The van der Waals surface area contributed by atoms with E-state index < -0.39 is 0 Å². The molecule has 0 aliphatic rings. The quantitative estimate of drug-likeness (QED) is 0.484. The van der Waals surface area contributed by atoms with E-state index in [9.17, 15) is 4.79 Å². The Kier molecular flexibility index (Phi) is 7.36. The minimum absolute atomic E-state index is 0.0146. The van der Waals surface area contributed by atoms with Gasteiger partial charge in [0.25, 0.3) is 5.91 Å². The van der Waals surface area contributed by atoms with Gasteiger partial charge in [-0.3, -0.25) is 4.79 Å². The first-order valence-corrected chi connectivity index (χ1v) is 10.2. The summed E-state index contributed by atoms with van der Waals surface area (Å²) in [6.45, 7) is 6.57. The summed E-state index contributed by atoms with van der Waals surface area (Å²) in [5.41, 5.74) is 2.12. The van der Waals surface area contributed by atoms with Crippen LogP contribution in [0.2, 0.25) is 5.02 Å². The van der Waals surface area contributed by atoms with Crippen molar-refractivity contribution in [3.8, 4) is 5.75 Å². The van der Waals surface area contributed by atoms with Gasteiger partial charge in [-0.05, 0) is 48.7 Å². The number of halogens is 1. The van der Waals surface area contributed by atoms with Crippen LogP contribution in [0, 0.1) is 5.92 Å². The Morgan fingerprint density at radius 1 is 1.14 bits per heavy atom. The monoisotopic (exact) mass is 414 g/mol. The van der Waals surface area contributed by atoms with Crippen LogP contribution in [0.15, 0.2) is 48.5 Å². The van der Waals surface area contributed by atoms with E-state index >= 15 is 0 Å². The third-order valence-corrected chi connectivity index (χ3v) is 4.60. The molecule has 0 aliphatic carbocycles. The highest BCUT2D eigenvalue weighted by atomic mass is 35.5. The van der Waals surface area contributed by atoms with Crippen molar-refractivity contribution >= 4 is 34.5 Å². The summed E-state index contributed by atoms with van der Waals surface area (Å²) in [6, 6.07) is 15.1. The van der Waals surface area contributed by atoms with Gasteiger partial charge in [0.05, 0.1) is 11.0 Å². The summed E-state index contributed by atoms with van der Waals surface area (Å²) in [5.74, 6) is 1.87. The Balaban J connectivity index is 1.42. The highest BCUT2D eigenvalue weighted by Crippen LogP contribution is 2.21. The fraction of sp³-hybridized carbons (Fsp3) is 0.364. The SMILES string of the molecule is CC(C)Cn1c(NCCCNC(=O)COc2ccc(Cl)cc2)nc2ccccc21. The number of carbonyl (C=O) groups is 1. The number of hydrogen-bond acceptors (Lipinski definition) is 4. The Hall–Kier alpha value is -2.73. The maximum Gasteiger partial charge on any atom is 0.257 e. The molecule has 154 valence electrons. The fourth-order valence-electron chi connectivity index (χ4n) is 3.01. The van der Waals surface area contributed by atoms with Gasteiger partial charge in [0.2, 0.25) is 5.95 Å². The predicted octanol–water partition coefficient (Wildman–Crippen LogP) is 4.34. The molecule has 0 atom stereocenters. The van der Waals surface area contributed by atoms with Crippen LogP contribution in [-0.2, 0) is 11.3 Å². The van der Waals surface area contributed by atoms with Gasteiger partial charge < -0.3 is 19.9 Å². The van der Waals surface area contributed by atoms with E-state index in [0.29, 0.717) is 23.2 Å². The molecule has 0 aliphatic heterocycles. The first kappa shape index (κ1) is 21.0. The van der Waals surface area contributed by atoms with E-state index in [4.69, 9.17) is 21.3 Å². The third kappa shape index (κ3) is 6.12. The van der Waals surface area contributed by atoms with Gasteiger partial charge in [0.1, 0.15) is 5.75 Å². The molecule has 3 rings (SSSR count). The smallest absolute Gasteiger partial charge is 0.257 e. The van der Waals surface area contributed by atoms with Crippen molar-refractivity contribution < 1.29 is 9.53 Å². The second kappa shape index (κ2) is 10.2. The lowest BCUT2D eigenvalue weighted by Crippen LogP contribution is -2.30. The molecule has 6 nitrogen and oxygen atoms in total. The van der Waals surface area contributed by atoms with Crippen molar-refractivity contribution in [2.24, 2.45) is 5.92 Å². The summed E-state index contributed by atoms with van der Waals surface area (Å²) in [7, 11) is 0. The van der Waals surface area contributed by atoms with Crippen LogP contribution in [0.4, 0.5) is 5.95 Å². The number of hydrogen-bond donors (Lipinski definition) is 2. The summed E-state index contributed by atoms with van der Waals surface area (Å²) in [5, 5.41) is 6.90. The van der Waals surface area contributed by atoms with E-state index in [0.717, 1.165) is 36.5 Å². The maximum absolute atomic E-state index is 11.9. The molecule has 29 heavy (non-hydrogen) atoms. The number of ether oxygens (including phenoxy) is 1. The van der Waals surface area contributed by atoms with Gasteiger partial charge in [-0.15, -0.1) is 0 Å². The molecule has 1 heterocycles. The van der Waals surface area contributed by atoms with Gasteiger partial charge in [0.15, 0.2) is 6.61 Å². The van der Waals surface area contributed by atoms with Crippen LogP contribution in [0.1, 0.15) is 20.3 Å². The molecule has 7 heteroatoms. The lowest BCUT2D eigenvalue weighted by atomic mass is 10.2. The molecular formula is C22H27ClN4O2. The number of rotatable bonds is 10. The summed E-state index contributed by atoms with van der Waals surface area (Å²) in [6.07, 6.45) is 0.789. The molecule has 0 spiro atoms. The van der Waals surface area contributed by atoms with Crippen LogP contribution >= 0.6 is 11.6 Å². The average molecular weight is 415 g/mol. The topological polar surface area (TPSA) is 68.2 Å². The zero-order chi connectivity index (χ0) is 20.6. The first-order valence-electron chi connectivity index (χ1n) is 9.87. The molecule has 0 bridgehead atoms. The lowest BCUT2D eigenvalue weighted by molar-refractivity contribution is -0.123. The fourth-order valence-corrected chi connectivity index (χ4v) is 3.13. The van der Waals surface area contributed by atoms with Crippen LogP contribution < -0.4 is 15.4 Å². The van der Waals surface area contributed by atoms with Gasteiger partial charge in [0, 0.05) is 24.7 Å². The van der Waals surface area contributed by atoms with Crippen molar-refractivity contribution in [3.05, 3.63) is 53.6 Å². The number of para-hydroxylation sites is 2. The molecule has 0 unspecified atom stereocenters. The summed E-state index contributed by atoms with van der Waals surface area (Å²) in [4.78, 5) is 16.6. The number of fused-ring (bicyclic) bond motifs is 1. The molecule has 0 radical (unpaired) electrons. The highest BCUT2D eigenvalue weighted by Gasteiger charge is 2.11. The van der Waals surface area contributed by atoms with Crippen LogP contribution in [0.5, 0.6) is 5.75 Å². The number of benzene rings is 2. The van der Waals surface area contributed by atoms with Crippen molar-refractivity contribution in [2.75, 3.05) is 25.0 Å². The number of nitrogens with zero attached hydrogens (tertiary/aromatic N) is 2. The van der Waals surface area contributed by atoms with E-state index in [1.54, 1.807) is 24.3 Å². The van der Waals surface area contributed by atoms with E-state index in [-0.39, 0.29) is 12.5 Å². The first-order chi connectivity index (χ1) is 14.0. The Morgan fingerprint density at radius 3 is 2.66 bits per heavy atom. The van der Waals surface area contributed by atoms with Gasteiger partial charge in [-0.2, -0.15) is 0 Å². The molecule has 1 amide bonds. The number of anilines is 1. The van der Waals surface area contributed by atoms with Gasteiger partial charge in [-0.1, -0.05) is 37.6 Å². The second-order valence-electron chi connectivity index (χ2n) is 7.30. The van der Waals surface area contributed by atoms with Crippen molar-refractivity contribution in [2.45, 2.75) is 26.8 Å². The minimum Gasteiger partial charge on any atom is -0.484 e. The van der Waals surface area contributed by atoms with Crippen LogP contribution in [0.25, 0.3) is 11.0 Å². The zero-order valence-electron chi connectivity index (χ0n) is 16.8. The van der Waals surface area contributed by atoms with Crippen molar-refractivity contribution in [3.63, 3.8) is 0 Å². The molecule has 3 aromatic rings. The molecule has 2 aromatic carbocycles. The molecule has 2 N–H and O–H groups in total. The maximum atomic E-state index is 11.9. The zero-order valence-corrected chi connectivity index (χ0v) is 17.6. The average Bonchev–Trinajstić information content (AvgIpc) is 3.04. The molecule has 1 aromatic heterocycles. The number of nitrogens with one attached hydrogen (secondary N) is 2. The van der Waals surface area contributed by atoms with E-state index in [1.807, 2.05) is 18.2 Å². The highest BCUT2D eigenvalue weighted by molar-refractivity contribution is 6.30. The van der Waals surface area contributed by atoms with Crippen LogP contribution in [-0.4, -0.2) is 35.2 Å². The Morgan fingerprint density at radius 2 is 1.90 bits per heavy atom. The number of aromatic nitrogens is 2. The van der Waals surface area contributed by atoms with Crippen LogP contribution in [0.3, 0.4) is 0 Å². The van der Waals surface area contributed by atoms with Crippen molar-refractivity contribution in [1.29, 1.82) is 0 Å². The standard InChI is InChI=1S/C22H27ClN4O2/c1-16(2)14-27-20-7-4-3-6-19(20)26-22(27)25-13-5-12-24-21(28)15-29-18-10-8-17(23)9-11-18/h3-4,6-11,16H,5,12-15H2,1-2H3,(H,24,28)(H,25,26). The number of carbonyl (C=O) groups excluding carboxylic acids is 1. The van der Waals surface area contributed by atoms with E-state index in [2.05, 4.69) is 35.1 Å². The Labute approximate surface area is 176 Å². The summed E-state index contributed by atoms with van der Waals surface area (Å²) >= 11 is 5.83. The number of amides is 1. The molecule has 0 saturated heterocycles. The lowest BCUT2D eigenvalue weighted by Gasteiger charge is -2.13. The molecule has 0 fully saturated rings. The summed E-state index contributed by atoms with van der Waals surface area (Å²) < 4.78 is 7.66. The second-order valence-corrected chi connectivity index (χ2v) is 7.74. The minimum atomic E-state index is -0.146. The Bertz CT molecular complexity index is 938. The number of imidazole rings is 1. The van der Waals surface area contributed by atoms with Crippen molar-refractivity contribution in [1.82, 2.24) is 14.9 Å². The van der Waals surface area contributed by atoms with Gasteiger partial charge >= 0.3 is 0 Å². The van der Waals surface area contributed by atoms with Gasteiger partial charge in [-0.25, -0.2) is 4.98 Å². The predicted molar refractivity (Wildman–Crippen MR) is 118 cm³/mol.